The van der Waals surface area contributed by atoms with Gasteiger partial charge in [-0.05, 0) is 30.4 Å². The van der Waals surface area contributed by atoms with Gasteiger partial charge in [0.1, 0.15) is 0 Å². The lowest BCUT2D eigenvalue weighted by Gasteiger charge is -2.42. The van der Waals surface area contributed by atoms with Gasteiger partial charge in [-0.15, -0.1) is 0 Å². The Balaban J connectivity index is 2.78. The molecule has 1 saturated heterocycles. The number of hydrogen-bond acceptors (Lipinski definition) is 1. The molecule has 1 heterocycles. The second-order valence-corrected chi connectivity index (χ2v) is 6.45. The maximum Gasteiger partial charge on any atom is 0.0157 e. The molecule has 0 saturated carbocycles. The van der Waals surface area contributed by atoms with Crippen molar-refractivity contribution in [3.05, 3.63) is 0 Å². The van der Waals surface area contributed by atoms with Crippen molar-refractivity contribution in [1.29, 1.82) is 0 Å². The molecule has 1 heteroatoms. The third-order valence-electron chi connectivity index (χ3n) is 3.82. The van der Waals surface area contributed by atoms with Crippen molar-refractivity contribution in [1.82, 2.24) is 0 Å². The van der Waals surface area contributed by atoms with Crippen molar-refractivity contribution in [3.8, 4) is 0 Å². The lowest BCUT2D eigenvalue weighted by molar-refractivity contribution is 0.218. The molecule has 1 aliphatic heterocycles. The maximum absolute atomic E-state index is 2.46. The van der Waals surface area contributed by atoms with Crippen LogP contribution in [-0.4, -0.2) is 10.5 Å². The van der Waals surface area contributed by atoms with E-state index in [9.17, 15) is 0 Å². The second-order valence-electron chi connectivity index (χ2n) is 4.73. The fourth-order valence-electron chi connectivity index (χ4n) is 2.02. The zero-order valence-electron chi connectivity index (χ0n) is 8.94. The second kappa shape index (κ2) is 3.61. The van der Waals surface area contributed by atoms with Gasteiger partial charge >= 0.3 is 0 Å². The Bertz CT molecular complexity index is 151. The molecule has 0 bridgehead atoms. The molecule has 0 radical (unpaired) electrons. The Morgan fingerprint density at radius 2 is 1.83 bits per heavy atom. The van der Waals surface area contributed by atoms with Gasteiger partial charge in [-0.3, -0.25) is 0 Å². The van der Waals surface area contributed by atoms with E-state index in [4.69, 9.17) is 0 Å². The summed E-state index contributed by atoms with van der Waals surface area (Å²) in [6.07, 6.45) is 5.60. The summed E-state index contributed by atoms with van der Waals surface area (Å²) in [5.74, 6) is 1.36. The minimum atomic E-state index is 0.484. The first-order valence-electron chi connectivity index (χ1n) is 5.16. The van der Waals surface area contributed by atoms with Crippen LogP contribution in [0.5, 0.6) is 0 Å². The normalized spacial score (nSPS) is 36.0. The molecule has 0 spiro atoms. The van der Waals surface area contributed by atoms with E-state index in [1.807, 2.05) is 0 Å². The standard InChI is InChI=1S/C11H22S/c1-5-11(4)8-6-7-9-12-10(11,2)3/h5-9H2,1-4H3. The first-order chi connectivity index (χ1) is 5.52. The number of hydrogen-bond donors (Lipinski definition) is 0. The molecule has 0 amide bonds. The average Bonchev–Trinajstić information content (AvgIpc) is 2.13. The summed E-state index contributed by atoms with van der Waals surface area (Å²) in [5, 5.41) is 0. The highest BCUT2D eigenvalue weighted by molar-refractivity contribution is 8.00. The molecule has 0 nitrogen and oxygen atoms in total. The molecule has 0 aromatic carbocycles. The van der Waals surface area contributed by atoms with Crippen molar-refractivity contribution >= 4 is 11.8 Å². The SMILES string of the molecule is CCC1(C)CCCCSC1(C)C. The average molecular weight is 186 g/mol. The van der Waals surface area contributed by atoms with Gasteiger partial charge in [-0.1, -0.05) is 34.1 Å². The summed E-state index contributed by atoms with van der Waals surface area (Å²) < 4.78 is 0.484. The van der Waals surface area contributed by atoms with Gasteiger partial charge in [0, 0.05) is 4.75 Å². The molecule has 0 aromatic rings. The number of rotatable bonds is 1. The summed E-state index contributed by atoms with van der Waals surface area (Å²) >= 11 is 2.17. The minimum absolute atomic E-state index is 0.484. The molecule has 1 aliphatic rings. The zero-order chi connectivity index (χ0) is 9.24. The van der Waals surface area contributed by atoms with E-state index >= 15 is 0 Å². The Morgan fingerprint density at radius 3 is 2.42 bits per heavy atom. The van der Waals surface area contributed by atoms with Gasteiger partial charge in [0.25, 0.3) is 0 Å². The van der Waals surface area contributed by atoms with Crippen LogP contribution in [0.3, 0.4) is 0 Å². The van der Waals surface area contributed by atoms with Crippen LogP contribution in [0.25, 0.3) is 0 Å². The quantitative estimate of drug-likeness (QED) is 0.594. The van der Waals surface area contributed by atoms with Crippen LogP contribution in [-0.2, 0) is 0 Å². The van der Waals surface area contributed by atoms with E-state index in [1.54, 1.807) is 0 Å². The van der Waals surface area contributed by atoms with Crippen molar-refractivity contribution in [2.75, 3.05) is 5.75 Å². The first kappa shape index (κ1) is 10.4. The van der Waals surface area contributed by atoms with Crippen LogP contribution in [0.15, 0.2) is 0 Å². The highest BCUT2D eigenvalue weighted by atomic mass is 32.2. The highest BCUT2D eigenvalue weighted by Crippen LogP contribution is 2.49. The van der Waals surface area contributed by atoms with Crippen LogP contribution in [0.1, 0.15) is 53.4 Å². The largest absolute Gasteiger partial charge is 0.155 e. The Hall–Kier alpha value is 0.350. The molecule has 1 atom stereocenters. The summed E-state index contributed by atoms with van der Waals surface area (Å²) in [6.45, 7) is 9.65. The van der Waals surface area contributed by atoms with Crippen LogP contribution < -0.4 is 0 Å². The van der Waals surface area contributed by atoms with Crippen molar-refractivity contribution in [3.63, 3.8) is 0 Å². The Kier molecular flexibility index (Phi) is 3.14. The molecule has 0 aromatic heterocycles. The van der Waals surface area contributed by atoms with E-state index in [0.717, 1.165) is 0 Å². The summed E-state index contributed by atoms with van der Waals surface area (Å²) in [7, 11) is 0. The van der Waals surface area contributed by atoms with Crippen molar-refractivity contribution in [2.45, 2.75) is 58.1 Å². The molecule has 12 heavy (non-hydrogen) atoms. The van der Waals surface area contributed by atoms with Crippen molar-refractivity contribution in [2.24, 2.45) is 5.41 Å². The van der Waals surface area contributed by atoms with Gasteiger partial charge in [-0.25, -0.2) is 0 Å². The van der Waals surface area contributed by atoms with Crippen LogP contribution in [0, 0.1) is 5.41 Å². The van der Waals surface area contributed by atoms with Gasteiger partial charge in [0.2, 0.25) is 0 Å². The van der Waals surface area contributed by atoms with Crippen molar-refractivity contribution < 1.29 is 0 Å². The van der Waals surface area contributed by atoms with E-state index in [2.05, 4.69) is 39.5 Å². The number of thioether (sulfide) groups is 1. The summed E-state index contributed by atoms with van der Waals surface area (Å²) in [6, 6.07) is 0. The Morgan fingerprint density at radius 1 is 1.17 bits per heavy atom. The predicted molar refractivity (Wildman–Crippen MR) is 58.8 cm³/mol. The molecule has 0 N–H and O–H groups in total. The summed E-state index contributed by atoms with van der Waals surface area (Å²) in [5.41, 5.74) is 0.564. The molecule has 0 aliphatic carbocycles. The van der Waals surface area contributed by atoms with Gasteiger partial charge in [0.15, 0.2) is 0 Å². The third kappa shape index (κ3) is 1.81. The van der Waals surface area contributed by atoms with Gasteiger partial charge < -0.3 is 0 Å². The Labute approximate surface area is 81.5 Å². The van der Waals surface area contributed by atoms with E-state index < -0.39 is 0 Å². The molecular weight excluding hydrogens is 164 g/mol. The zero-order valence-corrected chi connectivity index (χ0v) is 9.76. The van der Waals surface area contributed by atoms with E-state index in [1.165, 1.54) is 31.4 Å². The lowest BCUT2D eigenvalue weighted by atomic mass is 9.72. The fourth-order valence-corrected chi connectivity index (χ4v) is 3.48. The third-order valence-corrected chi connectivity index (χ3v) is 5.53. The molecule has 1 rings (SSSR count). The highest BCUT2D eigenvalue weighted by Gasteiger charge is 2.40. The predicted octanol–water partition coefficient (Wildman–Crippen LogP) is 4.10. The molecule has 1 unspecified atom stereocenters. The van der Waals surface area contributed by atoms with Gasteiger partial charge in [0.05, 0.1) is 0 Å². The van der Waals surface area contributed by atoms with E-state index in [0.29, 0.717) is 10.2 Å². The minimum Gasteiger partial charge on any atom is -0.155 e. The maximum atomic E-state index is 2.46. The molecule has 1 fully saturated rings. The van der Waals surface area contributed by atoms with Crippen LogP contribution in [0.2, 0.25) is 0 Å². The van der Waals surface area contributed by atoms with Gasteiger partial charge in [-0.2, -0.15) is 11.8 Å². The first-order valence-corrected chi connectivity index (χ1v) is 6.14. The fraction of sp³-hybridized carbons (Fsp3) is 1.00. The smallest absolute Gasteiger partial charge is 0.0157 e. The summed E-state index contributed by atoms with van der Waals surface area (Å²) in [4.78, 5) is 0. The van der Waals surface area contributed by atoms with Crippen LogP contribution in [0.4, 0.5) is 0 Å². The lowest BCUT2D eigenvalue weighted by Crippen LogP contribution is -2.37. The monoisotopic (exact) mass is 186 g/mol. The van der Waals surface area contributed by atoms with Crippen LogP contribution >= 0.6 is 11.8 Å². The van der Waals surface area contributed by atoms with E-state index in [-0.39, 0.29) is 0 Å². The topological polar surface area (TPSA) is 0 Å². The molecule has 72 valence electrons. The molecular formula is C11H22S.